The third-order valence-electron chi connectivity index (χ3n) is 3.67. The molecular weight excluding hydrogens is 238 g/mol. The summed E-state index contributed by atoms with van der Waals surface area (Å²) in [4.78, 5) is 10.9. The highest BCUT2D eigenvalue weighted by Crippen LogP contribution is 2.31. The molecule has 0 amide bonds. The Morgan fingerprint density at radius 2 is 2.18 bits per heavy atom. The molecule has 4 nitrogen and oxygen atoms in total. The van der Waals surface area contributed by atoms with Crippen LogP contribution in [0.4, 0.5) is 5.82 Å². The Morgan fingerprint density at radius 3 is 3.00 bits per heavy atom. The predicted octanol–water partition coefficient (Wildman–Crippen LogP) is 1.91. The van der Waals surface area contributed by atoms with E-state index in [0.29, 0.717) is 11.1 Å². The van der Waals surface area contributed by atoms with Crippen LogP contribution in [0.15, 0.2) is 6.07 Å². The lowest BCUT2D eigenvalue weighted by Gasteiger charge is -2.34. The number of aromatic nitrogens is 2. The first-order chi connectivity index (χ1) is 8.22. The van der Waals surface area contributed by atoms with Gasteiger partial charge in [0.1, 0.15) is 16.8 Å². The highest BCUT2D eigenvalue weighted by Gasteiger charge is 2.34. The second kappa shape index (κ2) is 4.42. The SMILES string of the molecule is Cc1nc(Cl)cc(N2CC[C@@H]3COC[C@@H]3C2)n1. The molecule has 92 valence electrons. The average molecular weight is 254 g/mol. The van der Waals surface area contributed by atoms with Crippen LogP contribution in [0.3, 0.4) is 0 Å². The number of ether oxygens (including phenoxy) is 1. The molecule has 3 rings (SSSR count). The maximum absolute atomic E-state index is 5.98. The molecule has 2 fully saturated rings. The molecule has 1 aromatic rings. The molecule has 0 unspecified atom stereocenters. The fourth-order valence-electron chi connectivity index (χ4n) is 2.75. The molecule has 0 bridgehead atoms. The van der Waals surface area contributed by atoms with E-state index >= 15 is 0 Å². The Kier molecular flexibility index (Phi) is 2.92. The van der Waals surface area contributed by atoms with E-state index in [0.717, 1.165) is 43.9 Å². The van der Waals surface area contributed by atoms with Crippen LogP contribution in [0.25, 0.3) is 0 Å². The van der Waals surface area contributed by atoms with Gasteiger partial charge in [-0.15, -0.1) is 0 Å². The first-order valence-corrected chi connectivity index (χ1v) is 6.44. The van der Waals surface area contributed by atoms with E-state index < -0.39 is 0 Å². The minimum absolute atomic E-state index is 0.525. The molecule has 0 saturated carbocycles. The van der Waals surface area contributed by atoms with Crippen LogP contribution in [0.5, 0.6) is 0 Å². The lowest BCUT2D eigenvalue weighted by Crippen LogP contribution is -2.40. The molecule has 0 aliphatic carbocycles. The number of anilines is 1. The topological polar surface area (TPSA) is 38.2 Å². The van der Waals surface area contributed by atoms with Crippen LogP contribution in [0.1, 0.15) is 12.2 Å². The molecule has 0 N–H and O–H groups in total. The normalized spacial score (nSPS) is 28.2. The van der Waals surface area contributed by atoms with Crippen LogP contribution in [0.2, 0.25) is 5.15 Å². The van der Waals surface area contributed by atoms with E-state index in [1.165, 1.54) is 6.42 Å². The van der Waals surface area contributed by atoms with Crippen molar-refractivity contribution in [2.24, 2.45) is 11.8 Å². The lowest BCUT2D eigenvalue weighted by molar-refractivity contribution is 0.182. The van der Waals surface area contributed by atoms with Crippen molar-refractivity contribution >= 4 is 17.4 Å². The smallest absolute Gasteiger partial charge is 0.134 e. The van der Waals surface area contributed by atoms with Gasteiger partial charge >= 0.3 is 0 Å². The summed E-state index contributed by atoms with van der Waals surface area (Å²) in [5.41, 5.74) is 0. The van der Waals surface area contributed by atoms with Crippen LogP contribution in [0, 0.1) is 18.8 Å². The molecule has 3 heterocycles. The van der Waals surface area contributed by atoms with Gasteiger partial charge in [0.2, 0.25) is 0 Å². The van der Waals surface area contributed by atoms with Gasteiger partial charge < -0.3 is 9.64 Å². The van der Waals surface area contributed by atoms with Crippen LogP contribution >= 0.6 is 11.6 Å². The Hall–Kier alpha value is -0.870. The maximum Gasteiger partial charge on any atom is 0.134 e. The van der Waals surface area contributed by atoms with Gasteiger partial charge in [-0.3, -0.25) is 0 Å². The number of piperidine rings is 1. The molecule has 0 spiro atoms. The average Bonchev–Trinajstić information content (AvgIpc) is 2.74. The van der Waals surface area contributed by atoms with E-state index in [1.54, 1.807) is 0 Å². The third kappa shape index (κ3) is 2.24. The predicted molar refractivity (Wildman–Crippen MR) is 66.4 cm³/mol. The highest BCUT2D eigenvalue weighted by atomic mass is 35.5. The van der Waals surface area contributed by atoms with Crippen molar-refractivity contribution in [1.82, 2.24) is 9.97 Å². The van der Waals surface area contributed by atoms with Gasteiger partial charge in [-0.25, -0.2) is 9.97 Å². The zero-order valence-electron chi connectivity index (χ0n) is 9.90. The number of nitrogens with zero attached hydrogens (tertiary/aromatic N) is 3. The number of halogens is 1. The summed E-state index contributed by atoms with van der Waals surface area (Å²) in [5, 5.41) is 0.525. The number of fused-ring (bicyclic) bond motifs is 1. The lowest BCUT2D eigenvalue weighted by atomic mass is 9.89. The van der Waals surface area contributed by atoms with Gasteiger partial charge in [0.15, 0.2) is 0 Å². The second-order valence-electron chi connectivity index (χ2n) is 4.89. The van der Waals surface area contributed by atoms with Crippen molar-refractivity contribution in [2.45, 2.75) is 13.3 Å². The molecule has 0 aromatic carbocycles. The number of aryl methyl sites for hydroxylation is 1. The van der Waals surface area contributed by atoms with E-state index in [4.69, 9.17) is 16.3 Å². The molecule has 0 radical (unpaired) electrons. The van der Waals surface area contributed by atoms with E-state index in [-0.39, 0.29) is 0 Å². The fourth-order valence-corrected chi connectivity index (χ4v) is 2.97. The molecule has 2 aliphatic heterocycles. The fraction of sp³-hybridized carbons (Fsp3) is 0.667. The van der Waals surface area contributed by atoms with Crippen molar-refractivity contribution in [3.8, 4) is 0 Å². The number of hydrogen-bond acceptors (Lipinski definition) is 4. The Balaban J connectivity index is 1.80. The van der Waals surface area contributed by atoms with E-state index in [2.05, 4.69) is 14.9 Å². The minimum atomic E-state index is 0.525. The molecule has 2 atom stereocenters. The summed E-state index contributed by atoms with van der Waals surface area (Å²) in [5.74, 6) is 3.08. The van der Waals surface area contributed by atoms with Crippen molar-refractivity contribution in [1.29, 1.82) is 0 Å². The number of hydrogen-bond donors (Lipinski definition) is 0. The third-order valence-corrected chi connectivity index (χ3v) is 3.87. The summed E-state index contributed by atoms with van der Waals surface area (Å²) in [6.45, 7) is 5.76. The summed E-state index contributed by atoms with van der Waals surface area (Å²) >= 11 is 5.98. The first-order valence-electron chi connectivity index (χ1n) is 6.06. The summed E-state index contributed by atoms with van der Waals surface area (Å²) in [7, 11) is 0. The molecule has 17 heavy (non-hydrogen) atoms. The second-order valence-corrected chi connectivity index (χ2v) is 5.28. The zero-order chi connectivity index (χ0) is 11.8. The van der Waals surface area contributed by atoms with Gasteiger partial charge in [0.05, 0.1) is 6.61 Å². The van der Waals surface area contributed by atoms with Gasteiger partial charge in [0.25, 0.3) is 0 Å². The summed E-state index contributed by atoms with van der Waals surface area (Å²) in [6, 6.07) is 1.85. The minimum Gasteiger partial charge on any atom is -0.381 e. The molecule has 2 saturated heterocycles. The monoisotopic (exact) mass is 253 g/mol. The highest BCUT2D eigenvalue weighted by molar-refractivity contribution is 6.29. The maximum atomic E-state index is 5.98. The van der Waals surface area contributed by atoms with Crippen LogP contribution in [-0.4, -0.2) is 36.3 Å². The quantitative estimate of drug-likeness (QED) is 0.717. The molecule has 1 aromatic heterocycles. The Labute approximate surface area is 106 Å². The van der Waals surface area contributed by atoms with Crippen LogP contribution in [-0.2, 0) is 4.74 Å². The molecule has 2 aliphatic rings. The standard InChI is InChI=1S/C12H16ClN3O/c1-8-14-11(13)4-12(15-8)16-3-2-9-6-17-7-10(9)5-16/h4,9-10H,2-3,5-7H2,1H3/t9-,10+/m1/s1. The largest absolute Gasteiger partial charge is 0.381 e. The van der Waals surface area contributed by atoms with Crippen LogP contribution < -0.4 is 4.90 Å². The van der Waals surface area contributed by atoms with E-state index in [1.807, 2.05) is 13.0 Å². The van der Waals surface area contributed by atoms with Gasteiger partial charge in [-0.1, -0.05) is 11.6 Å². The number of rotatable bonds is 1. The molecule has 5 heteroatoms. The van der Waals surface area contributed by atoms with Gasteiger partial charge in [-0.05, 0) is 19.3 Å². The van der Waals surface area contributed by atoms with Crippen molar-refractivity contribution < 1.29 is 4.74 Å². The molecular formula is C12H16ClN3O. The Morgan fingerprint density at radius 1 is 1.35 bits per heavy atom. The van der Waals surface area contributed by atoms with Crippen molar-refractivity contribution in [3.63, 3.8) is 0 Å². The van der Waals surface area contributed by atoms with Crippen molar-refractivity contribution in [2.75, 3.05) is 31.2 Å². The Bertz CT molecular complexity index is 406. The van der Waals surface area contributed by atoms with Gasteiger partial charge in [-0.2, -0.15) is 0 Å². The zero-order valence-corrected chi connectivity index (χ0v) is 10.7. The summed E-state index contributed by atoms with van der Waals surface area (Å²) in [6.07, 6.45) is 1.19. The van der Waals surface area contributed by atoms with E-state index in [9.17, 15) is 0 Å². The first kappa shape index (κ1) is 11.2. The van der Waals surface area contributed by atoms with Gasteiger partial charge in [0, 0.05) is 31.7 Å². The van der Waals surface area contributed by atoms with Crippen molar-refractivity contribution in [3.05, 3.63) is 17.0 Å². The summed E-state index contributed by atoms with van der Waals surface area (Å²) < 4.78 is 5.54.